The first kappa shape index (κ1) is 19.2. The van der Waals surface area contributed by atoms with Crippen LogP contribution in [0.2, 0.25) is 5.02 Å². The number of piperazine rings is 1. The molecule has 1 aliphatic heterocycles. The molecular formula is C19H23ClN2O3S. The number of hydrogen-bond donors (Lipinski definition) is 0. The fourth-order valence-electron chi connectivity index (χ4n) is 3.22. The number of methoxy groups -OCH3 is 1. The van der Waals surface area contributed by atoms with Crippen molar-refractivity contribution in [1.29, 1.82) is 0 Å². The topological polar surface area (TPSA) is 49.9 Å². The second-order valence-corrected chi connectivity index (χ2v) is 8.81. The molecule has 0 spiro atoms. The number of ether oxygens (including phenoxy) is 1. The number of sulfonamides is 1. The van der Waals surface area contributed by atoms with Crippen molar-refractivity contribution >= 4 is 21.6 Å². The van der Waals surface area contributed by atoms with E-state index in [4.69, 9.17) is 16.3 Å². The molecule has 1 heterocycles. The summed E-state index contributed by atoms with van der Waals surface area (Å²) in [6, 6.07) is 15.0. The summed E-state index contributed by atoms with van der Waals surface area (Å²) in [5.41, 5.74) is 1.23. The standard InChI is InChI=1S/C19H23ClN2O3S/c1-15-13-22(11-10-21(15)14-16-6-4-3-5-7-16)26(23,24)19-12-17(20)8-9-18(19)25-2/h3-9,12,15H,10-11,13-14H2,1-2H3. The molecule has 1 fully saturated rings. The molecule has 1 saturated heterocycles. The first-order valence-electron chi connectivity index (χ1n) is 8.53. The quantitative estimate of drug-likeness (QED) is 0.781. The lowest BCUT2D eigenvalue weighted by Gasteiger charge is -2.39. The van der Waals surface area contributed by atoms with Crippen LogP contribution in [-0.4, -0.2) is 50.4 Å². The Balaban J connectivity index is 1.77. The van der Waals surface area contributed by atoms with E-state index < -0.39 is 10.0 Å². The Labute approximate surface area is 160 Å². The van der Waals surface area contributed by atoms with Gasteiger partial charge in [-0.1, -0.05) is 41.9 Å². The highest BCUT2D eigenvalue weighted by Crippen LogP contribution is 2.30. The van der Waals surface area contributed by atoms with Gasteiger partial charge in [0.1, 0.15) is 10.6 Å². The van der Waals surface area contributed by atoms with E-state index >= 15 is 0 Å². The maximum Gasteiger partial charge on any atom is 0.246 e. The van der Waals surface area contributed by atoms with E-state index in [1.165, 1.54) is 23.0 Å². The lowest BCUT2D eigenvalue weighted by Crippen LogP contribution is -2.53. The number of hydrogen-bond acceptors (Lipinski definition) is 4. The lowest BCUT2D eigenvalue weighted by atomic mass is 10.1. The van der Waals surface area contributed by atoms with Crippen LogP contribution in [0.1, 0.15) is 12.5 Å². The van der Waals surface area contributed by atoms with Gasteiger partial charge in [-0.3, -0.25) is 4.90 Å². The first-order chi connectivity index (χ1) is 12.4. The summed E-state index contributed by atoms with van der Waals surface area (Å²) in [7, 11) is -2.20. The van der Waals surface area contributed by atoms with E-state index in [0.29, 0.717) is 30.4 Å². The number of halogens is 1. The summed E-state index contributed by atoms with van der Waals surface area (Å²) in [5.74, 6) is 0.314. The summed E-state index contributed by atoms with van der Waals surface area (Å²) >= 11 is 6.01. The van der Waals surface area contributed by atoms with Gasteiger partial charge < -0.3 is 4.74 Å². The van der Waals surface area contributed by atoms with Gasteiger partial charge in [0.25, 0.3) is 0 Å². The molecule has 0 aliphatic carbocycles. The molecule has 26 heavy (non-hydrogen) atoms. The Kier molecular flexibility index (Phi) is 5.87. The minimum absolute atomic E-state index is 0.115. The largest absolute Gasteiger partial charge is 0.495 e. The highest BCUT2D eigenvalue weighted by molar-refractivity contribution is 7.89. The Hall–Kier alpha value is -1.60. The fourth-order valence-corrected chi connectivity index (χ4v) is 5.15. The van der Waals surface area contributed by atoms with Crippen LogP contribution >= 0.6 is 11.6 Å². The Bertz CT molecular complexity index is 858. The van der Waals surface area contributed by atoms with Gasteiger partial charge in [0.2, 0.25) is 10.0 Å². The highest BCUT2D eigenvalue weighted by Gasteiger charge is 2.34. The van der Waals surface area contributed by atoms with Crippen molar-refractivity contribution in [2.24, 2.45) is 0 Å². The molecule has 7 heteroatoms. The van der Waals surface area contributed by atoms with Gasteiger partial charge in [0.05, 0.1) is 7.11 Å². The van der Waals surface area contributed by atoms with Gasteiger partial charge >= 0.3 is 0 Å². The summed E-state index contributed by atoms with van der Waals surface area (Å²) < 4.78 is 32.9. The lowest BCUT2D eigenvalue weighted by molar-refractivity contribution is 0.122. The first-order valence-corrected chi connectivity index (χ1v) is 10.4. The van der Waals surface area contributed by atoms with Crippen molar-refractivity contribution in [2.75, 3.05) is 26.7 Å². The van der Waals surface area contributed by atoms with Crippen LogP contribution in [0.15, 0.2) is 53.4 Å². The summed E-state index contributed by atoms with van der Waals surface area (Å²) in [5, 5.41) is 0.375. The molecule has 1 unspecified atom stereocenters. The van der Waals surface area contributed by atoms with Gasteiger partial charge in [-0.25, -0.2) is 8.42 Å². The van der Waals surface area contributed by atoms with E-state index in [0.717, 1.165) is 6.54 Å². The third-order valence-electron chi connectivity index (χ3n) is 4.70. The fraction of sp³-hybridized carbons (Fsp3) is 0.368. The van der Waals surface area contributed by atoms with E-state index in [1.807, 2.05) is 18.2 Å². The molecule has 0 N–H and O–H groups in total. The minimum atomic E-state index is -3.66. The van der Waals surface area contributed by atoms with Crippen LogP contribution in [-0.2, 0) is 16.6 Å². The highest BCUT2D eigenvalue weighted by atomic mass is 35.5. The molecule has 5 nitrogen and oxygen atoms in total. The number of rotatable bonds is 5. The predicted octanol–water partition coefficient (Wildman–Crippen LogP) is 3.24. The number of nitrogens with zero attached hydrogens (tertiary/aromatic N) is 2. The molecule has 2 aromatic carbocycles. The third kappa shape index (κ3) is 4.04. The van der Waals surface area contributed by atoms with Crippen LogP contribution < -0.4 is 4.74 Å². The van der Waals surface area contributed by atoms with Crippen LogP contribution in [0.5, 0.6) is 5.75 Å². The molecule has 3 rings (SSSR count). The molecular weight excluding hydrogens is 372 g/mol. The maximum atomic E-state index is 13.1. The summed E-state index contributed by atoms with van der Waals surface area (Å²) in [6.07, 6.45) is 0. The molecule has 0 bridgehead atoms. The van der Waals surface area contributed by atoms with Crippen LogP contribution in [0.4, 0.5) is 0 Å². The average Bonchev–Trinajstić information content (AvgIpc) is 2.64. The Morgan fingerprint density at radius 1 is 1.15 bits per heavy atom. The van der Waals surface area contributed by atoms with Crippen molar-refractivity contribution in [3.8, 4) is 5.75 Å². The molecule has 0 aromatic heterocycles. The summed E-state index contributed by atoms with van der Waals surface area (Å²) in [4.78, 5) is 2.42. The van der Waals surface area contributed by atoms with Crippen LogP contribution in [0.25, 0.3) is 0 Å². The zero-order chi connectivity index (χ0) is 18.7. The second kappa shape index (κ2) is 7.96. The molecule has 0 radical (unpaired) electrons. The SMILES string of the molecule is COc1ccc(Cl)cc1S(=O)(=O)N1CCN(Cc2ccccc2)C(C)C1. The maximum absolute atomic E-state index is 13.1. The molecule has 0 amide bonds. The molecule has 140 valence electrons. The smallest absolute Gasteiger partial charge is 0.246 e. The van der Waals surface area contributed by atoms with Gasteiger partial charge in [-0.2, -0.15) is 4.31 Å². The van der Waals surface area contributed by atoms with Crippen LogP contribution in [0, 0.1) is 0 Å². The third-order valence-corrected chi connectivity index (χ3v) is 6.82. The normalized spacial score (nSPS) is 19.4. The Morgan fingerprint density at radius 3 is 2.54 bits per heavy atom. The molecule has 0 saturated carbocycles. The van der Waals surface area contributed by atoms with Crippen molar-refractivity contribution < 1.29 is 13.2 Å². The zero-order valence-corrected chi connectivity index (χ0v) is 16.5. The molecule has 1 aliphatic rings. The van der Waals surface area contributed by atoms with Crippen molar-refractivity contribution in [3.05, 3.63) is 59.1 Å². The van der Waals surface area contributed by atoms with Crippen molar-refractivity contribution in [2.45, 2.75) is 24.4 Å². The van der Waals surface area contributed by atoms with E-state index in [1.54, 1.807) is 12.1 Å². The van der Waals surface area contributed by atoms with E-state index in [2.05, 4.69) is 24.0 Å². The molecule has 1 atom stereocenters. The predicted molar refractivity (Wildman–Crippen MR) is 103 cm³/mol. The number of benzene rings is 2. The van der Waals surface area contributed by atoms with Gasteiger partial charge in [-0.15, -0.1) is 0 Å². The molecule has 2 aromatic rings. The average molecular weight is 395 g/mol. The van der Waals surface area contributed by atoms with Gasteiger partial charge in [0.15, 0.2) is 0 Å². The van der Waals surface area contributed by atoms with Gasteiger partial charge in [0, 0.05) is 37.2 Å². The summed E-state index contributed by atoms with van der Waals surface area (Å²) in [6.45, 7) is 4.42. The van der Waals surface area contributed by atoms with Gasteiger partial charge in [-0.05, 0) is 30.7 Å². The van der Waals surface area contributed by atoms with Crippen molar-refractivity contribution in [1.82, 2.24) is 9.21 Å². The van der Waals surface area contributed by atoms with Crippen molar-refractivity contribution in [3.63, 3.8) is 0 Å². The van der Waals surface area contributed by atoms with E-state index in [-0.39, 0.29) is 10.9 Å². The monoisotopic (exact) mass is 394 g/mol. The minimum Gasteiger partial charge on any atom is -0.495 e. The Morgan fingerprint density at radius 2 is 1.88 bits per heavy atom. The van der Waals surface area contributed by atoms with E-state index in [9.17, 15) is 8.42 Å². The van der Waals surface area contributed by atoms with Crippen LogP contribution in [0.3, 0.4) is 0 Å². The second-order valence-electron chi connectivity index (χ2n) is 6.46. The zero-order valence-electron chi connectivity index (χ0n) is 14.9.